The zero-order valence-corrected chi connectivity index (χ0v) is 9.14. The molecule has 88 valence electrons. The van der Waals surface area contributed by atoms with Crippen molar-refractivity contribution < 1.29 is 4.79 Å². The lowest BCUT2D eigenvalue weighted by Crippen LogP contribution is -2.26. The molecule has 0 saturated heterocycles. The molecule has 0 bridgehead atoms. The zero-order valence-electron chi connectivity index (χ0n) is 9.14. The van der Waals surface area contributed by atoms with Gasteiger partial charge in [0.1, 0.15) is 12.0 Å². The number of amides is 1. The van der Waals surface area contributed by atoms with Crippen molar-refractivity contribution in [2.24, 2.45) is 0 Å². The summed E-state index contributed by atoms with van der Waals surface area (Å²) < 4.78 is 0. The number of hydrogen-bond acceptors (Lipinski definition) is 6. The average molecular weight is 233 g/mol. The minimum atomic E-state index is -0.140. The number of aromatic nitrogens is 5. The topological polar surface area (TPSA) is 108 Å². The fourth-order valence-corrected chi connectivity index (χ4v) is 1.13. The van der Waals surface area contributed by atoms with Gasteiger partial charge in [0.05, 0.1) is 6.54 Å². The maximum Gasteiger partial charge on any atom is 0.242 e. The van der Waals surface area contributed by atoms with Gasteiger partial charge in [-0.05, 0) is 6.07 Å². The van der Waals surface area contributed by atoms with E-state index in [4.69, 9.17) is 0 Å². The van der Waals surface area contributed by atoms with Crippen LogP contribution in [0.25, 0.3) is 11.5 Å². The maximum atomic E-state index is 11.0. The predicted molar refractivity (Wildman–Crippen MR) is 60.0 cm³/mol. The highest BCUT2D eigenvalue weighted by Gasteiger charge is 2.06. The van der Waals surface area contributed by atoms with E-state index in [-0.39, 0.29) is 12.5 Å². The van der Waals surface area contributed by atoms with Crippen LogP contribution in [0, 0.1) is 0 Å². The number of anilines is 1. The molecule has 1 amide bonds. The van der Waals surface area contributed by atoms with Crippen LogP contribution < -0.4 is 10.6 Å². The van der Waals surface area contributed by atoms with Crippen molar-refractivity contribution in [3.63, 3.8) is 0 Å². The Morgan fingerprint density at radius 1 is 1.53 bits per heavy atom. The number of likely N-dealkylation sites (N-methyl/N-ethyl adjacent to an activating group) is 1. The molecule has 3 N–H and O–H groups in total. The molecule has 0 radical (unpaired) electrons. The quantitative estimate of drug-likeness (QED) is 0.652. The summed E-state index contributed by atoms with van der Waals surface area (Å²) in [6.45, 7) is 0.123. The maximum absolute atomic E-state index is 11.0. The first-order chi connectivity index (χ1) is 8.29. The van der Waals surface area contributed by atoms with E-state index in [2.05, 4.69) is 35.8 Å². The van der Waals surface area contributed by atoms with Crippen LogP contribution in [-0.4, -0.2) is 44.6 Å². The van der Waals surface area contributed by atoms with E-state index in [1.807, 2.05) is 0 Å². The van der Waals surface area contributed by atoms with E-state index in [0.29, 0.717) is 17.5 Å². The molecule has 0 atom stereocenters. The Balaban J connectivity index is 2.04. The number of carbonyl (C=O) groups excluding carboxylic acids is 1. The Hall–Kier alpha value is -2.51. The van der Waals surface area contributed by atoms with Crippen LogP contribution in [0.3, 0.4) is 0 Å². The molecule has 8 heteroatoms. The Labute approximate surface area is 96.9 Å². The molecule has 8 nitrogen and oxygen atoms in total. The smallest absolute Gasteiger partial charge is 0.242 e. The summed E-state index contributed by atoms with van der Waals surface area (Å²) in [5, 5.41) is 11.9. The lowest BCUT2D eigenvalue weighted by atomic mass is 10.4. The monoisotopic (exact) mass is 233 g/mol. The molecule has 0 aliphatic heterocycles. The normalized spacial score (nSPS) is 9.94. The number of nitrogens with one attached hydrogen (secondary N) is 3. The molecule has 17 heavy (non-hydrogen) atoms. The van der Waals surface area contributed by atoms with Gasteiger partial charge in [0.25, 0.3) is 0 Å². The van der Waals surface area contributed by atoms with Gasteiger partial charge >= 0.3 is 0 Å². The number of aromatic amines is 1. The lowest BCUT2D eigenvalue weighted by Gasteiger charge is -1.98. The number of H-pyrrole nitrogens is 1. The van der Waals surface area contributed by atoms with Crippen molar-refractivity contribution >= 4 is 11.9 Å². The molecule has 0 saturated carbocycles. The molecule has 0 aromatic carbocycles. The highest BCUT2D eigenvalue weighted by molar-refractivity contribution is 5.79. The third kappa shape index (κ3) is 2.74. The molecular weight excluding hydrogens is 222 g/mol. The number of rotatable bonds is 4. The Bertz CT molecular complexity index is 495. The number of carbonyl (C=O) groups is 1. The predicted octanol–water partition coefficient (Wildman–Crippen LogP) is -0.580. The van der Waals surface area contributed by atoms with E-state index in [0.717, 1.165) is 0 Å². The third-order valence-corrected chi connectivity index (χ3v) is 2.00. The fourth-order valence-electron chi connectivity index (χ4n) is 1.13. The van der Waals surface area contributed by atoms with Gasteiger partial charge in [-0.2, -0.15) is 4.98 Å². The highest BCUT2D eigenvalue weighted by Crippen LogP contribution is 2.10. The molecule has 0 fully saturated rings. The zero-order chi connectivity index (χ0) is 12.1. The van der Waals surface area contributed by atoms with Crippen LogP contribution in [0.15, 0.2) is 18.6 Å². The summed E-state index contributed by atoms with van der Waals surface area (Å²) in [5.74, 6) is 0.729. The van der Waals surface area contributed by atoms with Gasteiger partial charge in [-0.25, -0.2) is 9.97 Å². The third-order valence-electron chi connectivity index (χ3n) is 2.00. The summed E-state index contributed by atoms with van der Waals surface area (Å²) >= 11 is 0. The van der Waals surface area contributed by atoms with Crippen LogP contribution in [0.4, 0.5) is 5.95 Å². The summed E-state index contributed by atoms with van der Waals surface area (Å²) in [7, 11) is 1.56. The minimum Gasteiger partial charge on any atom is -0.358 e. The first-order valence-electron chi connectivity index (χ1n) is 4.93. The summed E-state index contributed by atoms with van der Waals surface area (Å²) in [5.41, 5.74) is 0.639. The Kier molecular flexibility index (Phi) is 3.24. The number of hydrogen-bond donors (Lipinski definition) is 3. The van der Waals surface area contributed by atoms with Gasteiger partial charge < -0.3 is 10.6 Å². The van der Waals surface area contributed by atoms with Crippen molar-refractivity contribution in [3.05, 3.63) is 18.6 Å². The first kappa shape index (κ1) is 11.0. The second kappa shape index (κ2) is 5.01. The first-order valence-corrected chi connectivity index (χ1v) is 4.93. The Morgan fingerprint density at radius 3 is 3.12 bits per heavy atom. The molecule has 2 aromatic rings. The van der Waals surface area contributed by atoms with Gasteiger partial charge in [-0.3, -0.25) is 9.89 Å². The van der Waals surface area contributed by atoms with E-state index in [9.17, 15) is 4.79 Å². The standard InChI is InChI=1S/C9H11N7O/c1-10-7(17)4-12-9-14-8(15-16-9)6-2-3-11-5-13-6/h2-3,5H,4H2,1H3,(H,10,17)(H2,12,14,15,16). The molecule has 2 rings (SSSR count). The average Bonchev–Trinajstić information content (AvgIpc) is 2.86. The molecule has 0 spiro atoms. The second-order valence-corrected chi connectivity index (χ2v) is 3.13. The van der Waals surface area contributed by atoms with Crippen molar-refractivity contribution in [2.75, 3.05) is 18.9 Å². The Morgan fingerprint density at radius 2 is 2.41 bits per heavy atom. The van der Waals surface area contributed by atoms with Gasteiger partial charge in [0.2, 0.25) is 11.9 Å². The van der Waals surface area contributed by atoms with Crippen LogP contribution in [0.5, 0.6) is 0 Å². The minimum absolute atomic E-state index is 0.123. The number of nitrogens with zero attached hydrogens (tertiary/aromatic N) is 4. The van der Waals surface area contributed by atoms with Gasteiger partial charge in [-0.15, -0.1) is 5.10 Å². The van der Waals surface area contributed by atoms with E-state index in [1.165, 1.54) is 6.33 Å². The van der Waals surface area contributed by atoms with E-state index in [1.54, 1.807) is 19.3 Å². The molecule has 2 heterocycles. The summed E-state index contributed by atoms with van der Waals surface area (Å²) in [6.07, 6.45) is 3.04. The van der Waals surface area contributed by atoms with Gasteiger partial charge in [-0.1, -0.05) is 0 Å². The van der Waals surface area contributed by atoms with Gasteiger partial charge in [0, 0.05) is 13.2 Å². The lowest BCUT2D eigenvalue weighted by molar-refractivity contribution is -0.118. The molecule has 0 unspecified atom stereocenters. The molecule has 2 aromatic heterocycles. The van der Waals surface area contributed by atoms with Crippen LogP contribution in [0.2, 0.25) is 0 Å². The van der Waals surface area contributed by atoms with Crippen molar-refractivity contribution in [3.8, 4) is 11.5 Å². The fraction of sp³-hybridized carbons (Fsp3) is 0.222. The largest absolute Gasteiger partial charge is 0.358 e. The summed E-state index contributed by atoms with van der Waals surface area (Å²) in [6, 6.07) is 1.71. The second-order valence-electron chi connectivity index (χ2n) is 3.13. The molecule has 0 aliphatic carbocycles. The van der Waals surface area contributed by atoms with Crippen LogP contribution in [0.1, 0.15) is 0 Å². The van der Waals surface area contributed by atoms with E-state index >= 15 is 0 Å². The van der Waals surface area contributed by atoms with Crippen LogP contribution >= 0.6 is 0 Å². The van der Waals surface area contributed by atoms with Crippen LogP contribution in [-0.2, 0) is 4.79 Å². The van der Waals surface area contributed by atoms with Gasteiger partial charge in [0.15, 0.2) is 5.82 Å². The molecule has 0 aliphatic rings. The SMILES string of the molecule is CNC(=O)CNc1n[nH]c(-c2ccncn2)n1. The van der Waals surface area contributed by atoms with E-state index < -0.39 is 0 Å². The van der Waals surface area contributed by atoms with Crippen molar-refractivity contribution in [1.29, 1.82) is 0 Å². The van der Waals surface area contributed by atoms with Crippen molar-refractivity contribution in [2.45, 2.75) is 0 Å². The molecular formula is C9H11N7O. The van der Waals surface area contributed by atoms with Crippen molar-refractivity contribution in [1.82, 2.24) is 30.5 Å². The summed E-state index contributed by atoms with van der Waals surface area (Å²) in [4.78, 5) is 23.0. The highest BCUT2D eigenvalue weighted by atomic mass is 16.1.